The summed E-state index contributed by atoms with van der Waals surface area (Å²) in [5.74, 6) is 0.487. The number of benzene rings is 1. The van der Waals surface area contributed by atoms with Crippen molar-refractivity contribution in [2.75, 3.05) is 0 Å². The molecule has 3 aromatic heterocycles. The Morgan fingerprint density at radius 3 is 2.39 bits per heavy atom. The standard InChI is InChI=1S/C23H27N5/c1-6-17(7-2)19-13-15(3)25-28-22(16(4)24-23(19)28)20-14-27(5)26-21(20)18-11-9-8-10-12-18/h8-14,17H,6-7H2,1-5H3. The summed E-state index contributed by atoms with van der Waals surface area (Å²) in [7, 11) is 1.96. The lowest BCUT2D eigenvalue weighted by Gasteiger charge is -2.14. The highest BCUT2D eigenvalue weighted by Crippen LogP contribution is 2.35. The van der Waals surface area contributed by atoms with Crippen molar-refractivity contribution in [2.24, 2.45) is 7.05 Å². The maximum Gasteiger partial charge on any atom is 0.157 e. The second kappa shape index (κ2) is 7.23. The molecular formula is C23H27N5. The fourth-order valence-corrected chi connectivity index (χ4v) is 4.09. The van der Waals surface area contributed by atoms with Gasteiger partial charge in [-0.1, -0.05) is 44.2 Å². The third-order valence-corrected chi connectivity index (χ3v) is 5.47. The molecule has 0 aliphatic rings. The summed E-state index contributed by atoms with van der Waals surface area (Å²) < 4.78 is 3.90. The maximum atomic E-state index is 4.95. The minimum atomic E-state index is 0.487. The quantitative estimate of drug-likeness (QED) is 0.476. The van der Waals surface area contributed by atoms with Gasteiger partial charge in [0.25, 0.3) is 0 Å². The molecule has 0 N–H and O–H groups in total. The molecule has 0 fully saturated rings. The van der Waals surface area contributed by atoms with Crippen LogP contribution >= 0.6 is 0 Å². The third-order valence-electron chi connectivity index (χ3n) is 5.47. The predicted octanol–water partition coefficient (Wildman–Crippen LogP) is 5.32. The lowest BCUT2D eigenvalue weighted by molar-refractivity contribution is 0.638. The number of hydrogen-bond acceptors (Lipinski definition) is 3. The van der Waals surface area contributed by atoms with Crippen molar-refractivity contribution in [3.8, 4) is 22.5 Å². The van der Waals surface area contributed by atoms with Crippen LogP contribution in [0.4, 0.5) is 0 Å². The summed E-state index contributed by atoms with van der Waals surface area (Å²) in [6, 6.07) is 12.5. The molecule has 0 amide bonds. The van der Waals surface area contributed by atoms with E-state index < -0.39 is 0 Å². The smallest absolute Gasteiger partial charge is 0.157 e. The van der Waals surface area contributed by atoms with Crippen LogP contribution in [0.3, 0.4) is 0 Å². The number of fused-ring (bicyclic) bond motifs is 1. The van der Waals surface area contributed by atoms with Crippen LogP contribution in [0.1, 0.15) is 49.6 Å². The summed E-state index contributed by atoms with van der Waals surface area (Å²) in [5, 5.41) is 9.59. The first-order valence-electron chi connectivity index (χ1n) is 9.99. The molecule has 0 saturated carbocycles. The second-order valence-electron chi connectivity index (χ2n) is 7.47. The molecule has 0 unspecified atom stereocenters. The molecular weight excluding hydrogens is 346 g/mol. The molecule has 0 aliphatic heterocycles. The summed E-state index contributed by atoms with van der Waals surface area (Å²) in [5.41, 5.74) is 8.39. The summed E-state index contributed by atoms with van der Waals surface area (Å²) in [6.07, 6.45) is 4.26. The molecule has 0 bridgehead atoms. The van der Waals surface area contributed by atoms with Crippen molar-refractivity contribution >= 4 is 5.65 Å². The van der Waals surface area contributed by atoms with Crippen molar-refractivity contribution in [2.45, 2.75) is 46.5 Å². The molecule has 4 rings (SSSR count). The molecule has 0 saturated heterocycles. The fraction of sp³-hybridized carbons (Fsp3) is 0.348. The highest BCUT2D eigenvalue weighted by atomic mass is 15.3. The van der Waals surface area contributed by atoms with Crippen molar-refractivity contribution in [3.63, 3.8) is 0 Å². The van der Waals surface area contributed by atoms with E-state index in [-0.39, 0.29) is 0 Å². The SMILES string of the molecule is CCC(CC)c1cc(C)nn2c(-c3cn(C)nc3-c3ccccc3)c(C)nc12. The van der Waals surface area contributed by atoms with Crippen LogP contribution in [0.5, 0.6) is 0 Å². The van der Waals surface area contributed by atoms with Gasteiger partial charge in [0, 0.05) is 29.9 Å². The fourth-order valence-electron chi connectivity index (χ4n) is 4.09. The van der Waals surface area contributed by atoms with E-state index in [2.05, 4.69) is 52.1 Å². The van der Waals surface area contributed by atoms with Crippen LogP contribution in [0.2, 0.25) is 0 Å². The molecule has 5 heteroatoms. The van der Waals surface area contributed by atoms with Gasteiger partial charge in [0.15, 0.2) is 5.65 Å². The van der Waals surface area contributed by atoms with Gasteiger partial charge in [0.2, 0.25) is 0 Å². The van der Waals surface area contributed by atoms with Crippen LogP contribution in [0, 0.1) is 13.8 Å². The van der Waals surface area contributed by atoms with Gasteiger partial charge in [0.1, 0.15) is 5.69 Å². The van der Waals surface area contributed by atoms with Gasteiger partial charge >= 0.3 is 0 Å². The average Bonchev–Trinajstić information content (AvgIpc) is 3.22. The van der Waals surface area contributed by atoms with E-state index in [1.807, 2.05) is 34.4 Å². The van der Waals surface area contributed by atoms with Crippen LogP contribution in [0.25, 0.3) is 28.2 Å². The molecule has 0 radical (unpaired) electrons. The Morgan fingerprint density at radius 1 is 1.00 bits per heavy atom. The van der Waals surface area contributed by atoms with E-state index in [0.717, 1.165) is 52.4 Å². The summed E-state index contributed by atoms with van der Waals surface area (Å²) >= 11 is 0. The normalized spacial score (nSPS) is 11.6. The Balaban J connectivity index is 2.01. The van der Waals surface area contributed by atoms with Crippen LogP contribution < -0.4 is 0 Å². The predicted molar refractivity (Wildman–Crippen MR) is 113 cm³/mol. The first-order chi connectivity index (χ1) is 13.5. The number of rotatable bonds is 5. The highest BCUT2D eigenvalue weighted by molar-refractivity contribution is 5.81. The highest BCUT2D eigenvalue weighted by Gasteiger charge is 2.23. The summed E-state index contributed by atoms with van der Waals surface area (Å²) in [6.45, 7) is 8.61. The van der Waals surface area contributed by atoms with Gasteiger partial charge in [0.05, 0.1) is 17.1 Å². The summed E-state index contributed by atoms with van der Waals surface area (Å²) in [4.78, 5) is 4.95. The maximum absolute atomic E-state index is 4.95. The Bertz CT molecular complexity index is 1120. The van der Waals surface area contributed by atoms with Gasteiger partial charge in [-0.05, 0) is 38.7 Å². The lowest BCUT2D eigenvalue weighted by Crippen LogP contribution is -2.05. The van der Waals surface area contributed by atoms with E-state index in [9.17, 15) is 0 Å². The number of hydrogen-bond donors (Lipinski definition) is 0. The molecule has 3 heterocycles. The van der Waals surface area contributed by atoms with Gasteiger partial charge in [-0.15, -0.1) is 0 Å². The molecule has 144 valence electrons. The minimum absolute atomic E-state index is 0.487. The molecule has 4 aromatic rings. The molecule has 1 aromatic carbocycles. The van der Waals surface area contributed by atoms with Crippen molar-refractivity contribution in [3.05, 3.63) is 59.5 Å². The zero-order valence-corrected chi connectivity index (χ0v) is 17.3. The molecule has 0 spiro atoms. The largest absolute Gasteiger partial charge is 0.274 e. The topological polar surface area (TPSA) is 48.0 Å². The van der Waals surface area contributed by atoms with E-state index in [1.54, 1.807) is 0 Å². The average molecular weight is 374 g/mol. The van der Waals surface area contributed by atoms with Crippen molar-refractivity contribution in [1.29, 1.82) is 0 Å². The van der Waals surface area contributed by atoms with E-state index in [1.165, 1.54) is 5.56 Å². The molecule has 0 atom stereocenters. The third kappa shape index (κ3) is 3.01. The molecule has 28 heavy (non-hydrogen) atoms. The Kier molecular flexibility index (Phi) is 4.75. The van der Waals surface area contributed by atoms with Crippen LogP contribution in [-0.4, -0.2) is 24.4 Å². The van der Waals surface area contributed by atoms with Crippen molar-refractivity contribution in [1.82, 2.24) is 24.4 Å². The van der Waals surface area contributed by atoms with Gasteiger partial charge in [-0.2, -0.15) is 10.2 Å². The lowest BCUT2D eigenvalue weighted by atomic mass is 9.95. The van der Waals surface area contributed by atoms with E-state index in [0.29, 0.717) is 5.92 Å². The van der Waals surface area contributed by atoms with Crippen LogP contribution in [-0.2, 0) is 7.05 Å². The minimum Gasteiger partial charge on any atom is -0.274 e. The van der Waals surface area contributed by atoms with Crippen molar-refractivity contribution < 1.29 is 0 Å². The first kappa shape index (κ1) is 18.4. The molecule has 5 nitrogen and oxygen atoms in total. The van der Waals surface area contributed by atoms with Gasteiger partial charge in [-0.25, -0.2) is 9.50 Å². The Morgan fingerprint density at radius 2 is 1.71 bits per heavy atom. The Hall–Kier alpha value is -2.95. The first-order valence-corrected chi connectivity index (χ1v) is 9.99. The zero-order valence-electron chi connectivity index (χ0n) is 17.3. The number of aromatic nitrogens is 5. The zero-order chi connectivity index (χ0) is 19.8. The van der Waals surface area contributed by atoms with Gasteiger partial charge in [-0.3, -0.25) is 4.68 Å². The number of aryl methyl sites for hydroxylation is 3. The monoisotopic (exact) mass is 373 g/mol. The molecule has 0 aliphatic carbocycles. The number of imidazole rings is 1. The number of nitrogens with zero attached hydrogens (tertiary/aromatic N) is 5. The second-order valence-corrected chi connectivity index (χ2v) is 7.47. The van der Waals surface area contributed by atoms with E-state index in [4.69, 9.17) is 15.2 Å². The van der Waals surface area contributed by atoms with Gasteiger partial charge < -0.3 is 0 Å². The van der Waals surface area contributed by atoms with E-state index >= 15 is 0 Å². The Labute approximate surface area is 166 Å². The van der Waals surface area contributed by atoms with Crippen LogP contribution in [0.15, 0.2) is 42.6 Å².